The molecule has 0 fully saturated rings. The predicted molar refractivity (Wildman–Crippen MR) is 91.2 cm³/mol. The van der Waals surface area contributed by atoms with Gasteiger partial charge in [0.1, 0.15) is 17.8 Å². The molecule has 3 nitrogen and oxygen atoms in total. The van der Waals surface area contributed by atoms with Crippen molar-refractivity contribution < 1.29 is 14.7 Å². The van der Waals surface area contributed by atoms with Crippen LogP contribution in [0.2, 0.25) is 0 Å². The Bertz CT molecular complexity index is 396. The highest BCUT2D eigenvalue weighted by atomic mass is 16.3. The van der Waals surface area contributed by atoms with Crippen molar-refractivity contribution in [2.24, 2.45) is 0 Å². The zero-order chi connectivity index (χ0) is 16.6. The zero-order valence-electron chi connectivity index (χ0n) is 14.0. The van der Waals surface area contributed by atoms with Crippen molar-refractivity contribution in [3.8, 4) is 5.75 Å². The number of aryl methyl sites for hydroxylation is 1. The first kappa shape index (κ1) is 20.4. The highest BCUT2D eigenvalue weighted by Gasteiger charge is 1.96. The minimum atomic E-state index is 0.197. The van der Waals surface area contributed by atoms with Crippen LogP contribution in [-0.2, 0) is 16.0 Å². The average Bonchev–Trinajstić information content (AvgIpc) is 2.51. The van der Waals surface area contributed by atoms with Crippen LogP contribution in [0.4, 0.5) is 0 Å². The zero-order valence-corrected chi connectivity index (χ0v) is 14.0. The second-order valence-corrected chi connectivity index (χ2v) is 5.59. The fourth-order valence-corrected chi connectivity index (χ4v) is 1.99. The summed E-state index contributed by atoms with van der Waals surface area (Å²) in [6, 6.07) is 6.93. The number of phenolic OH excluding ortho intramolecular Hbond substituents is 1. The number of benzene rings is 1. The first-order valence-corrected chi connectivity index (χ1v) is 8.31. The van der Waals surface area contributed by atoms with E-state index in [1.54, 1.807) is 19.1 Å². The number of aldehydes is 1. The Kier molecular flexibility index (Phi) is 13.2. The van der Waals surface area contributed by atoms with Crippen molar-refractivity contribution in [3.63, 3.8) is 0 Å². The fraction of sp³-hybridized carbons (Fsp3) is 0.579. The first-order valence-electron chi connectivity index (χ1n) is 8.31. The maximum absolute atomic E-state index is 10.6. The molecule has 0 saturated heterocycles. The summed E-state index contributed by atoms with van der Waals surface area (Å²) in [6.45, 7) is 3.80. The molecule has 0 saturated carbocycles. The Morgan fingerprint density at radius 2 is 1.64 bits per heavy atom. The van der Waals surface area contributed by atoms with Gasteiger partial charge in [-0.3, -0.25) is 0 Å². The lowest BCUT2D eigenvalue weighted by molar-refractivity contribution is -0.117. The van der Waals surface area contributed by atoms with E-state index >= 15 is 0 Å². The number of Topliss-reactive ketones (excluding diaryl/α,β-unsaturated/α-hetero) is 1. The van der Waals surface area contributed by atoms with Crippen LogP contribution in [0.25, 0.3) is 0 Å². The molecule has 0 aromatic heterocycles. The van der Waals surface area contributed by atoms with Gasteiger partial charge in [-0.1, -0.05) is 51.2 Å². The number of phenols is 1. The summed E-state index contributed by atoms with van der Waals surface area (Å²) in [5.41, 5.74) is 1.09. The van der Waals surface area contributed by atoms with Crippen LogP contribution in [0, 0.1) is 0 Å². The van der Waals surface area contributed by atoms with Crippen molar-refractivity contribution >= 4 is 12.1 Å². The number of unbranched alkanes of at least 4 members (excludes halogenated alkanes) is 6. The van der Waals surface area contributed by atoms with Crippen LogP contribution >= 0.6 is 0 Å². The molecule has 0 unspecified atom stereocenters. The molecule has 0 atom stereocenters. The molecule has 1 aromatic carbocycles. The molecule has 0 aliphatic carbocycles. The quantitative estimate of drug-likeness (QED) is 0.496. The van der Waals surface area contributed by atoms with Gasteiger partial charge in [-0.05, 0) is 37.5 Å². The summed E-state index contributed by atoms with van der Waals surface area (Å²) in [5.74, 6) is 0.463. The van der Waals surface area contributed by atoms with Gasteiger partial charge < -0.3 is 14.7 Å². The van der Waals surface area contributed by atoms with E-state index in [4.69, 9.17) is 5.11 Å². The first-order chi connectivity index (χ1) is 10.6. The van der Waals surface area contributed by atoms with E-state index in [2.05, 4.69) is 6.92 Å². The van der Waals surface area contributed by atoms with E-state index in [-0.39, 0.29) is 11.5 Å². The minimum absolute atomic E-state index is 0.197. The Hall–Kier alpha value is -1.64. The number of aromatic hydroxyl groups is 1. The molecule has 0 heterocycles. The average molecular weight is 306 g/mol. The molecule has 22 heavy (non-hydrogen) atoms. The third-order valence-electron chi connectivity index (χ3n) is 3.38. The van der Waals surface area contributed by atoms with Crippen LogP contribution in [0.15, 0.2) is 24.3 Å². The smallest absolute Gasteiger partial charge is 0.130 e. The monoisotopic (exact) mass is 306 g/mol. The van der Waals surface area contributed by atoms with Crippen LogP contribution < -0.4 is 0 Å². The summed E-state index contributed by atoms with van der Waals surface area (Å²) in [6.07, 6.45) is 10.7. The molecule has 0 spiro atoms. The SMILES string of the molecule is CC(=O)CCc1ccc(O)cc1.CCCCCCCCC=O. The number of ketones is 1. The second-order valence-electron chi connectivity index (χ2n) is 5.59. The third kappa shape index (κ3) is 13.3. The topological polar surface area (TPSA) is 54.4 Å². The lowest BCUT2D eigenvalue weighted by atomic mass is 10.1. The molecular formula is C19H30O3. The Labute approximate surface area is 134 Å². The lowest BCUT2D eigenvalue weighted by Crippen LogP contribution is -1.93. The van der Waals surface area contributed by atoms with Crippen LogP contribution in [-0.4, -0.2) is 17.2 Å². The number of hydrogen-bond donors (Lipinski definition) is 1. The number of hydrogen-bond acceptors (Lipinski definition) is 3. The van der Waals surface area contributed by atoms with Crippen molar-refractivity contribution in [3.05, 3.63) is 29.8 Å². The molecule has 1 rings (SSSR count). The standard InChI is InChI=1S/C10H12O2.C9H18O/c1-8(11)2-3-9-4-6-10(12)7-5-9;1-2-3-4-5-6-7-8-9-10/h4-7,12H,2-3H2,1H3;9H,2-8H2,1H3. The van der Waals surface area contributed by atoms with Gasteiger partial charge in [0, 0.05) is 12.8 Å². The highest BCUT2D eigenvalue weighted by Crippen LogP contribution is 2.11. The third-order valence-corrected chi connectivity index (χ3v) is 3.38. The Morgan fingerprint density at radius 1 is 1.05 bits per heavy atom. The molecule has 0 aliphatic heterocycles. The van der Waals surface area contributed by atoms with Crippen LogP contribution in [0.3, 0.4) is 0 Å². The summed E-state index contributed by atoms with van der Waals surface area (Å²) >= 11 is 0. The summed E-state index contributed by atoms with van der Waals surface area (Å²) in [4.78, 5) is 20.5. The molecule has 0 aliphatic rings. The van der Waals surface area contributed by atoms with Crippen molar-refractivity contribution in [1.82, 2.24) is 0 Å². The van der Waals surface area contributed by atoms with E-state index in [1.807, 2.05) is 12.1 Å². The molecule has 0 amide bonds. The normalized spacial score (nSPS) is 9.73. The van der Waals surface area contributed by atoms with Gasteiger partial charge in [-0.15, -0.1) is 0 Å². The molecule has 124 valence electrons. The van der Waals surface area contributed by atoms with Crippen molar-refractivity contribution in [2.45, 2.75) is 71.6 Å². The molecule has 1 aromatic rings. The molecule has 0 bridgehead atoms. The summed E-state index contributed by atoms with van der Waals surface area (Å²) in [5, 5.41) is 8.97. The molecule has 1 N–H and O–H groups in total. The second kappa shape index (κ2) is 14.3. The molecule has 3 heteroatoms. The fourth-order valence-electron chi connectivity index (χ4n) is 1.99. The highest BCUT2D eigenvalue weighted by molar-refractivity contribution is 5.75. The minimum Gasteiger partial charge on any atom is -0.508 e. The van der Waals surface area contributed by atoms with E-state index < -0.39 is 0 Å². The van der Waals surface area contributed by atoms with Gasteiger partial charge in [-0.25, -0.2) is 0 Å². The summed E-state index contributed by atoms with van der Waals surface area (Å²) < 4.78 is 0. The van der Waals surface area contributed by atoms with Gasteiger partial charge >= 0.3 is 0 Å². The number of carbonyl (C=O) groups excluding carboxylic acids is 2. The van der Waals surface area contributed by atoms with Gasteiger partial charge in [0.25, 0.3) is 0 Å². The Balaban J connectivity index is 0.000000409. The van der Waals surface area contributed by atoms with Gasteiger partial charge in [0.15, 0.2) is 0 Å². The van der Waals surface area contributed by atoms with Crippen LogP contribution in [0.5, 0.6) is 5.75 Å². The van der Waals surface area contributed by atoms with Crippen molar-refractivity contribution in [2.75, 3.05) is 0 Å². The number of rotatable bonds is 10. The molecule has 0 radical (unpaired) electrons. The van der Waals surface area contributed by atoms with Crippen LogP contribution in [0.1, 0.15) is 70.8 Å². The van der Waals surface area contributed by atoms with E-state index in [9.17, 15) is 9.59 Å². The predicted octanol–water partition coefficient (Wildman–Crippen LogP) is 4.85. The largest absolute Gasteiger partial charge is 0.508 e. The van der Waals surface area contributed by atoms with E-state index in [0.717, 1.165) is 31.1 Å². The van der Waals surface area contributed by atoms with Crippen molar-refractivity contribution in [1.29, 1.82) is 0 Å². The maximum Gasteiger partial charge on any atom is 0.130 e. The van der Waals surface area contributed by atoms with Gasteiger partial charge in [-0.2, -0.15) is 0 Å². The Morgan fingerprint density at radius 3 is 2.18 bits per heavy atom. The van der Waals surface area contributed by atoms with E-state index in [1.165, 1.54) is 32.1 Å². The molecular weight excluding hydrogens is 276 g/mol. The maximum atomic E-state index is 10.6. The lowest BCUT2D eigenvalue weighted by Gasteiger charge is -1.98. The summed E-state index contributed by atoms with van der Waals surface area (Å²) in [7, 11) is 0. The van der Waals surface area contributed by atoms with Gasteiger partial charge in [0.05, 0.1) is 0 Å². The number of carbonyl (C=O) groups is 2. The van der Waals surface area contributed by atoms with Gasteiger partial charge in [0.2, 0.25) is 0 Å². The van der Waals surface area contributed by atoms with E-state index in [0.29, 0.717) is 6.42 Å².